The summed E-state index contributed by atoms with van der Waals surface area (Å²) in [6.07, 6.45) is 3.18. The van der Waals surface area contributed by atoms with Crippen LogP contribution in [0, 0.1) is 5.41 Å². The molecule has 1 atom stereocenters. The van der Waals surface area contributed by atoms with Gasteiger partial charge >= 0.3 is 0 Å². The summed E-state index contributed by atoms with van der Waals surface area (Å²) in [5.74, 6) is 0.852. The van der Waals surface area contributed by atoms with Gasteiger partial charge in [0.25, 0.3) is 0 Å². The predicted molar refractivity (Wildman–Crippen MR) is 153 cm³/mol. The van der Waals surface area contributed by atoms with Gasteiger partial charge in [0.15, 0.2) is 5.78 Å². The number of hydrogen-bond donors (Lipinski definition) is 2. The van der Waals surface area contributed by atoms with Crippen molar-refractivity contribution in [3.05, 3.63) is 112 Å². The van der Waals surface area contributed by atoms with Crippen molar-refractivity contribution in [2.75, 3.05) is 10.6 Å². The number of benzene rings is 3. The third-order valence-electron chi connectivity index (χ3n) is 7.17. The molecule has 0 spiro atoms. The Labute approximate surface area is 232 Å². The van der Waals surface area contributed by atoms with E-state index in [9.17, 15) is 4.79 Å². The molecule has 3 aromatic carbocycles. The third kappa shape index (κ3) is 5.40. The highest BCUT2D eigenvalue weighted by atomic mass is 35.5. The third-order valence-corrected chi connectivity index (χ3v) is 7.42. The summed E-state index contributed by atoms with van der Waals surface area (Å²) in [4.78, 5) is 13.6. The second-order valence-corrected chi connectivity index (χ2v) is 11.4. The van der Waals surface area contributed by atoms with Crippen LogP contribution in [-0.2, 0) is 17.9 Å². The second-order valence-electron chi connectivity index (χ2n) is 10.9. The van der Waals surface area contributed by atoms with E-state index in [0.29, 0.717) is 23.7 Å². The summed E-state index contributed by atoms with van der Waals surface area (Å²) in [5, 5.41) is 16.5. The van der Waals surface area contributed by atoms with Gasteiger partial charge in [-0.15, -0.1) is 5.10 Å². The number of nitrogens with zero attached hydrogens (tertiary/aromatic N) is 3. The van der Waals surface area contributed by atoms with E-state index in [-0.39, 0.29) is 23.8 Å². The lowest BCUT2D eigenvalue weighted by Gasteiger charge is -2.34. The van der Waals surface area contributed by atoms with E-state index in [0.717, 1.165) is 45.9 Å². The molecule has 0 saturated heterocycles. The summed E-state index contributed by atoms with van der Waals surface area (Å²) < 4.78 is 8.09. The van der Waals surface area contributed by atoms with Gasteiger partial charge in [-0.05, 0) is 47.7 Å². The number of hydrogen-bond acceptors (Lipinski definition) is 6. The van der Waals surface area contributed by atoms with Crippen LogP contribution in [0.15, 0.2) is 90.3 Å². The van der Waals surface area contributed by atoms with Crippen molar-refractivity contribution in [2.45, 2.75) is 45.9 Å². The van der Waals surface area contributed by atoms with Gasteiger partial charge in [0.2, 0.25) is 0 Å². The molecule has 0 saturated carbocycles. The zero-order valence-corrected chi connectivity index (χ0v) is 22.7. The normalized spacial score (nSPS) is 17.9. The summed E-state index contributed by atoms with van der Waals surface area (Å²) in [6.45, 7) is 5.14. The van der Waals surface area contributed by atoms with Gasteiger partial charge < -0.3 is 15.4 Å². The first kappa shape index (κ1) is 25.2. The largest absolute Gasteiger partial charge is 0.487 e. The number of rotatable bonds is 6. The van der Waals surface area contributed by atoms with E-state index in [1.165, 1.54) is 0 Å². The second kappa shape index (κ2) is 10.2. The van der Waals surface area contributed by atoms with Crippen molar-refractivity contribution < 1.29 is 9.53 Å². The smallest absolute Gasteiger partial charge is 0.163 e. The van der Waals surface area contributed by atoms with Crippen LogP contribution in [0.3, 0.4) is 0 Å². The molecule has 6 rings (SSSR count). The summed E-state index contributed by atoms with van der Waals surface area (Å²) in [7, 11) is 0. The lowest BCUT2D eigenvalue weighted by atomic mass is 9.73. The van der Waals surface area contributed by atoms with Crippen LogP contribution in [0.5, 0.6) is 5.75 Å². The average Bonchev–Trinajstić information content (AvgIpc) is 3.28. The lowest BCUT2D eigenvalue weighted by molar-refractivity contribution is -0.118. The standard InChI is InChI=1S/C31H30ClN5O2/c1-31(2)15-26-29(27(38)16-31)30(34-25-9-5-4-8-24(25)33-26)23-7-3-6-10-28(23)39-19-22-18-37(36-35-22)17-20-11-13-21(32)14-12-20/h3-14,18,30,33-34H,15-17,19H2,1-2H3. The first-order valence-corrected chi connectivity index (χ1v) is 13.5. The summed E-state index contributed by atoms with van der Waals surface area (Å²) in [5.41, 5.74) is 6.26. The fraction of sp³-hybridized carbons (Fsp3) is 0.258. The molecule has 1 aliphatic heterocycles. The molecule has 1 aromatic heterocycles. The highest BCUT2D eigenvalue weighted by molar-refractivity contribution is 6.30. The number of anilines is 2. The van der Waals surface area contributed by atoms with Gasteiger partial charge in [0, 0.05) is 28.3 Å². The SMILES string of the molecule is CC1(C)CC(=O)C2=C(C1)Nc1ccccc1NC2c1ccccc1OCc1cn(Cc2ccc(Cl)cc2)nn1. The molecule has 39 heavy (non-hydrogen) atoms. The monoisotopic (exact) mass is 539 g/mol. The van der Waals surface area contributed by atoms with Crippen molar-refractivity contribution in [3.8, 4) is 5.75 Å². The number of Topliss-reactive ketones (excluding diaryl/α,β-unsaturated/α-hetero) is 1. The Balaban J connectivity index is 1.28. The highest BCUT2D eigenvalue weighted by Crippen LogP contribution is 2.46. The Morgan fingerprint density at radius 1 is 1.00 bits per heavy atom. The molecule has 0 radical (unpaired) electrons. The molecular weight excluding hydrogens is 510 g/mol. The van der Waals surface area contributed by atoms with Crippen LogP contribution >= 0.6 is 11.6 Å². The number of carbonyl (C=O) groups excluding carboxylic acids is 1. The van der Waals surface area contributed by atoms with E-state index in [2.05, 4.69) is 34.8 Å². The molecule has 198 valence electrons. The van der Waals surface area contributed by atoms with Crippen molar-refractivity contribution in [3.63, 3.8) is 0 Å². The Bertz CT molecular complexity index is 1560. The zero-order valence-electron chi connectivity index (χ0n) is 21.9. The summed E-state index contributed by atoms with van der Waals surface area (Å²) >= 11 is 6.00. The van der Waals surface area contributed by atoms with Gasteiger partial charge in [-0.2, -0.15) is 0 Å². The minimum atomic E-state index is -0.350. The molecule has 0 fully saturated rings. The number of ketones is 1. The minimum absolute atomic E-state index is 0.111. The molecule has 4 aromatic rings. The van der Waals surface area contributed by atoms with Crippen LogP contribution in [-0.4, -0.2) is 20.8 Å². The molecule has 8 heteroatoms. The van der Waals surface area contributed by atoms with Crippen LogP contribution in [0.4, 0.5) is 11.4 Å². The number of halogens is 1. The molecular formula is C31H30ClN5O2. The van der Waals surface area contributed by atoms with E-state index in [1.54, 1.807) is 4.68 Å². The molecule has 7 nitrogen and oxygen atoms in total. The van der Waals surface area contributed by atoms with Gasteiger partial charge in [-0.1, -0.05) is 73.1 Å². The fourth-order valence-electron chi connectivity index (χ4n) is 5.38. The Morgan fingerprint density at radius 2 is 1.74 bits per heavy atom. The van der Waals surface area contributed by atoms with Crippen LogP contribution in [0.2, 0.25) is 5.02 Å². The molecule has 0 amide bonds. The maximum Gasteiger partial charge on any atom is 0.163 e. The molecule has 1 aliphatic carbocycles. The van der Waals surface area contributed by atoms with Crippen molar-refractivity contribution >= 4 is 28.8 Å². The molecule has 0 bridgehead atoms. The molecule has 2 aliphatic rings. The highest BCUT2D eigenvalue weighted by Gasteiger charge is 2.39. The maximum absolute atomic E-state index is 13.6. The topological polar surface area (TPSA) is 81.1 Å². The van der Waals surface area contributed by atoms with Crippen molar-refractivity contribution in [1.29, 1.82) is 0 Å². The Morgan fingerprint density at radius 3 is 2.56 bits per heavy atom. The van der Waals surface area contributed by atoms with E-state index in [1.807, 2.05) is 79.0 Å². The first-order chi connectivity index (χ1) is 18.8. The first-order valence-electron chi connectivity index (χ1n) is 13.1. The number of nitrogens with one attached hydrogen (secondary N) is 2. The van der Waals surface area contributed by atoms with Gasteiger partial charge in [0.05, 0.1) is 30.2 Å². The minimum Gasteiger partial charge on any atom is -0.487 e. The quantitative estimate of drug-likeness (QED) is 0.281. The van der Waals surface area contributed by atoms with E-state index in [4.69, 9.17) is 16.3 Å². The molecule has 2 heterocycles. The number of carbonyl (C=O) groups is 1. The fourth-order valence-corrected chi connectivity index (χ4v) is 5.51. The number of allylic oxidation sites excluding steroid dienone is 1. The maximum atomic E-state index is 13.6. The lowest BCUT2D eigenvalue weighted by Crippen LogP contribution is -2.31. The predicted octanol–water partition coefficient (Wildman–Crippen LogP) is 6.78. The van der Waals surface area contributed by atoms with E-state index >= 15 is 0 Å². The Hall–Kier alpha value is -4.10. The molecule has 1 unspecified atom stereocenters. The van der Waals surface area contributed by atoms with Crippen LogP contribution < -0.4 is 15.4 Å². The number of aromatic nitrogens is 3. The van der Waals surface area contributed by atoms with E-state index < -0.39 is 0 Å². The summed E-state index contributed by atoms with van der Waals surface area (Å²) in [6, 6.07) is 23.3. The number of para-hydroxylation sites is 3. The van der Waals surface area contributed by atoms with Gasteiger partial charge in [-0.3, -0.25) is 4.79 Å². The van der Waals surface area contributed by atoms with Crippen LogP contribution in [0.25, 0.3) is 0 Å². The number of fused-ring (bicyclic) bond motifs is 1. The van der Waals surface area contributed by atoms with Gasteiger partial charge in [0.1, 0.15) is 18.1 Å². The molecule has 2 N–H and O–H groups in total. The average molecular weight is 540 g/mol. The zero-order chi connectivity index (χ0) is 27.0. The Kier molecular flexibility index (Phi) is 6.61. The van der Waals surface area contributed by atoms with Crippen molar-refractivity contribution in [2.24, 2.45) is 5.41 Å². The number of ether oxygens (including phenoxy) is 1. The van der Waals surface area contributed by atoms with Crippen LogP contribution in [0.1, 0.15) is 49.6 Å². The van der Waals surface area contributed by atoms with Gasteiger partial charge in [-0.25, -0.2) is 4.68 Å². The van der Waals surface area contributed by atoms with Crippen molar-refractivity contribution in [1.82, 2.24) is 15.0 Å².